The second-order valence-electron chi connectivity index (χ2n) is 4.13. The van der Waals surface area contributed by atoms with Crippen LogP contribution in [-0.4, -0.2) is 0 Å². The molecule has 0 N–H and O–H groups in total. The van der Waals surface area contributed by atoms with Crippen LogP contribution in [-0.2, 0) is 12.8 Å². The van der Waals surface area contributed by atoms with Crippen molar-refractivity contribution in [1.29, 1.82) is 0 Å². The highest BCUT2D eigenvalue weighted by Gasteiger charge is 2.09. The second-order valence-corrected chi connectivity index (χ2v) is 4.13. The van der Waals surface area contributed by atoms with Gasteiger partial charge in [-0.05, 0) is 49.3 Å². The van der Waals surface area contributed by atoms with Gasteiger partial charge in [0.25, 0.3) is 0 Å². The molecule has 1 aromatic carbocycles. The van der Waals surface area contributed by atoms with Gasteiger partial charge in [-0.25, -0.2) is 0 Å². The first-order valence-electron chi connectivity index (χ1n) is 6.37. The molecule has 0 atom stereocenters. The van der Waals surface area contributed by atoms with Crippen molar-refractivity contribution in [1.82, 2.24) is 0 Å². The highest BCUT2D eigenvalue weighted by atomic mass is 14.1. The lowest BCUT2D eigenvalue weighted by Gasteiger charge is -2.17. The van der Waals surface area contributed by atoms with Crippen molar-refractivity contribution in [3.63, 3.8) is 0 Å². The van der Waals surface area contributed by atoms with Gasteiger partial charge in [0.1, 0.15) is 0 Å². The fourth-order valence-corrected chi connectivity index (χ4v) is 1.97. The lowest BCUT2D eigenvalue weighted by atomic mass is 9.89. The summed E-state index contributed by atoms with van der Waals surface area (Å²) in [4.78, 5) is 0. The summed E-state index contributed by atoms with van der Waals surface area (Å²) in [6.45, 7) is 12.5. The minimum absolute atomic E-state index is 1.25. The molecule has 0 nitrogen and oxygen atoms in total. The van der Waals surface area contributed by atoms with E-state index in [1.54, 1.807) is 11.1 Å². The molecule has 0 aliphatic heterocycles. The summed E-state index contributed by atoms with van der Waals surface area (Å²) in [6.07, 6.45) is 6.63. The number of hydrogen-bond acceptors (Lipinski definition) is 0. The van der Waals surface area contributed by atoms with Gasteiger partial charge in [0.05, 0.1) is 0 Å². The van der Waals surface area contributed by atoms with E-state index in [0.717, 1.165) is 0 Å². The van der Waals surface area contributed by atoms with Gasteiger partial charge < -0.3 is 0 Å². The van der Waals surface area contributed by atoms with Gasteiger partial charge >= 0.3 is 0 Å². The summed E-state index contributed by atoms with van der Waals surface area (Å²) >= 11 is 0. The smallest absolute Gasteiger partial charge is 0.0273 e. The molecule has 0 saturated heterocycles. The number of benzene rings is 1. The molecular weight excluding hydrogens is 192 g/mol. The Morgan fingerprint density at radius 3 is 2.19 bits per heavy atom. The average molecular weight is 218 g/mol. The van der Waals surface area contributed by atoms with E-state index in [2.05, 4.69) is 52.1 Å². The molecule has 0 saturated carbocycles. The maximum Gasteiger partial charge on any atom is -0.0273 e. The third-order valence-corrected chi connectivity index (χ3v) is 2.63. The molecule has 0 amide bonds. The van der Waals surface area contributed by atoms with Gasteiger partial charge in [0.2, 0.25) is 0 Å². The summed E-state index contributed by atoms with van der Waals surface area (Å²) in [5.74, 6) is 0. The zero-order valence-corrected chi connectivity index (χ0v) is 11.2. The molecule has 2 rings (SSSR count). The quantitative estimate of drug-likeness (QED) is 0.532. The van der Waals surface area contributed by atoms with E-state index in [4.69, 9.17) is 0 Å². The predicted molar refractivity (Wildman–Crippen MR) is 75.0 cm³/mol. The van der Waals surface area contributed by atoms with E-state index in [1.165, 1.54) is 37.7 Å². The number of rotatable bonds is 0. The van der Waals surface area contributed by atoms with E-state index in [0.29, 0.717) is 0 Å². The summed E-state index contributed by atoms with van der Waals surface area (Å²) in [7, 11) is 0. The predicted octanol–water partition coefficient (Wildman–Crippen LogP) is 5.09. The summed E-state index contributed by atoms with van der Waals surface area (Å²) in [5, 5.41) is 0. The molecule has 90 valence electrons. The van der Waals surface area contributed by atoms with Gasteiger partial charge in [0, 0.05) is 0 Å². The standard InChI is InChI=1S/C11H14.C3H8.C2H4/c1-9-5-4-7-10-6-2-3-8-11(9)10;1-3-2;1-2/h4-5,7H,2-3,6,8H2,1H3;3H2,1-2H3;1-2H2. The van der Waals surface area contributed by atoms with Crippen LogP contribution in [0.4, 0.5) is 0 Å². The number of hydrogen-bond donors (Lipinski definition) is 0. The Morgan fingerprint density at radius 2 is 1.62 bits per heavy atom. The first kappa shape index (κ1) is 15.0. The van der Waals surface area contributed by atoms with Crippen molar-refractivity contribution in [2.75, 3.05) is 0 Å². The Balaban J connectivity index is 0.000000394. The summed E-state index contributed by atoms with van der Waals surface area (Å²) < 4.78 is 0. The molecule has 1 aliphatic carbocycles. The Bertz CT molecular complexity index is 286. The van der Waals surface area contributed by atoms with Crippen molar-refractivity contribution in [2.45, 2.75) is 52.9 Å². The van der Waals surface area contributed by atoms with E-state index < -0.39 is 0 Å². The third-order valence-electron chi connectivity index (χ3n) is 2.63. The van der Waals surface area contributed by atoms with Crippen LogP contribution < -0.4 is 0 Å². The van der Waals surface area contributed by atoms with Gasteiger partial charge in [-0.15, -0.1) is 13.2 Å². The minimum Gasteiger partial charge on any atom is -0.106 e. The van der Waals surface area contributed by atoms with E-state index >= 15 is 0 Å². The van der Waals surface area contributed by atoms with Crippen LogP contribution in [0.5, 0.6) is 0 Å². The van der Waals surface area contributed by atoms with Crippen molar-refractivity contribution in [2.24, 2.45) is 0 Å². The minimum atomic E-state index is 1.25. The van der Waals surface area contributed by atoms with Gasteiger partial charge in [-0.1, -0.05) is 38.5 Å². The second kappa shape index (κ2) is 9.21. The van der Waals surface area contributed by atoms with Gasteiger partial charge in [0.15, 0.2) is 0 Å². The zero-order valence-electron chi connectivity index (χ0n) is 11.2. The maximum atomic E-state index is 3.00. The van der Waals surface area contributed by atoms with Gasteiger partial charge in [-0.3, -0.25) is 0 Å². The van der Waals surface area contributed by atoms with Crippen molar-refractivity contribution in [3.05, 3.63) is 48.0 Å². The lowest BCUT2D eigenvalue weighted by Crippen LogP contribution is -2.03. The topological polar surface area (TPSA) is 0 Å². The lowest BCUT2D eigenvalue weighted by molar-refractivity contribution is 0.682. The molecule has 0 spiro atoms. The maximum absolute atomic E-state index is 3.00. The van der Waals surface area contributed by atoms with Crippen LogP contribution in [0, 0.1) is 6.92 Å². The highest BCUT2D eigenvalue weighted by Crippen LogP contribution is 2.23. The Kier molecular flexibility index (Phi) is 8.61. The van der Waals surface area contributed by atoms with Crippen LogP contribution >= 0.6 is 0 Å². The molecule has 0 fully saturated rings. The SMILES string of the molecule is C=C.CCC.Cc1cccc2c1CCCC2. The Hall–Kier alpha value is -1.04. The molecule has 0 heterocycles. The molecule has 0 radical (unpaired) electrons. The van der Waals surface area contributed by atoms with Crippen LogP contribution in [0.15, 0.2) is 31.4 Å². The normalized spacial score (nSPS) is 12.4. The van der Waals surface area contributed by atoms with Crippen LogP contribution in [0.1, 0.15) is 49.8 Å². The van der Waals surface area contributed by atoms with Crippen molar-refractivity contribution < 1.29 is 0 Å². The zero-order chi connectivity index (χ0) is 12.4. The number of fused-ring (bicyclic) bond motifs is 1. The fourth-order valence-electron chi connectivity index (χ4n) is 1.97. The van der Waals surface area contributed by atoms with Crippen LogP contribution in [0.3, 0.4) is 0 Å². The largest absolute Gasteiger partial charge is 0.106 e. The highest BCUT2D eigenvalue weighted by molar-refractivity contribution is 5.35. The first-order valence-corrected chi connectivity index (χ1v) is 6.37. The van der Waals surface area contributed by atoms with Crippen LogP contribution in [0.25, 0.3) is 0 Å². The molecular formula is C16H26. The summed E-state index contributed by atoms with van der Waals surface area (Å²) in [6, 6.07) is 6.69. The van der Waals surface area contributed by atoms with E-state index in [-0.39, 0.29) is 0 Å². The molecule has 0 aromatic heterocycles. The molecule has 1 aromatic rings. The molecule has 0 heteroatoms. The molecule has 16 heavy (non-hydrogen) atoms. The van der Waals surface area contributed by atoms with E-state index in [1.807, 2.05) is 0 Å². The van der Waals surface area contributed by atoms with Crippen LogP contribution in [0.2, 0.25) is 0 Å². The third kappa shape index (κ3) is 4.65. The average Bonchev–Trinajstić information content (AvgIpc) is 2.33. The Morgan fingerprint density at radius 1 is 1.06 bits per heavy atom. The number of aryl methyl sites for hydroxylation is 2. The summed E-state index contributed by atoms with van der Waals surface area (Å²) in [5.41, 5.74) is 4.71. The first-order chi connectivity index (χ1) is 7.79. The van der Waals surface area contributed by atoms with Gasteiger partial charge in [-0.2, -0.15) is 0 Å². The monoisotopic (exact) mass is 218 g/mol. The molecule has 1 aliphatic rings. The fraction of sp³-hybridized carbons (Fsp3) is 0.500. The van der Waals surface area contributed by atoms with Crippen molar-refractivity contribution >= 4 is 0 Å². The molecule has 0 bridgehead atoms. The molecule has 0 unspecified atom stereocenters. The Labute approximate surface area is 101 Å². The van der Waals surface area contributed by atoms with Crippen molar-refractivity contribution in [3.8, 4) is 0 Å². The van der Waals surface area contributed by atoms with E-state index in [9.17, 15) is 0 Å².